The SMILES string of the molecule is Cc1ccc(OCCCCN2C(=O)COc3ccc(N)cc32)cc1. The average molecular weight is 326 g/mol. The van der Waals surface area contributed by atoms with Crippen molar-refractivity contribution < 1.29 is 14.3 Å². The fourth-order valence-electron chi connectivity index (χ4n) is 2.66. The van der Waals surface area contributed by atoms with Gasteiger partial charge < -0.3 is 20.1 Å². The standard InChI is InChI=1S/C19H22N2O3/c1-14-4-7-16(8-5-14)23-11-3-2-10-21-17-12-15(20)6-9-18(17)24-13-19(21)22/h4-9,12H,2-3,10-11,13,20H2,1H3. The van der Waals surface area contributed by atoms with Crippen molar-refractivity contribution in [1.29, 1.82) is 0 Å². The van der Waals surface area contributed by atoms with Gasteiger partial charge in [-0.15, -0.1) is 0 Å². The average Bonchev–Trinajstić information content (AvgIpc) is 2.58. The number of anilines is 2. The minimum atomic E-state index is -0.0347. The van der Waals surface area contributed by atoms with Gasteiger partial charge in [-0.3, -0.25) is 4.79 Å². The van der Waals surface area contributed by atoms with Crippen molar-refractivity contribution in [2.45, 2.75) is 19.8 Å². The quantitative estimate of drug-likeness (QED) is 0.654. The van der Waals surface area contributed by atoms with Gasteiger partial charge in [0.2, 0.25) is 0 Å². The van der Waals surface area contributed by atoms with Crippen LogP contribution in [0.5, 0.6) is 11.5 Å². The molecule has 24 heavy (non-hydrogen) atoms. The first-order valence-corrected chi connectivity index (χ1v) is 8.15. The first-order valence-electron chi connectivity index (χ1n) is 8.15. The number of amides is 1. The summed E-state index contributed by atoms with van der Waals surface area (Å²) in [6.07, 6.45) is 1.72. The van der Waals surface area contributed by atoms with Crippen molar-refractivity contribution in [3.63, 3.8) is 0 Å². The summed E-state index contributed by atoms with van der Waals surface area (Å²) >= 11 is 0. The van der Waals surface area contributed by atoms with E-state index in [1.54, 1.807) is 17.0 Å². The van der Waals surface area contributed by atoms with Crippen LogP contribution in [-0.2, 0) is 4.79 Å². The Hall–Kier alpha value is -2.69. The smallest absolute Gasteiger partial charge is 0.265 e. The molecule has 0 aromatic heterocycles. The molecule has 0 spiro atoms. The number of unbranched alkanes of at least 4 members (excludes halogenated alkanes) is 1. The second kappa shape index (κ2) is 7.25. The molecule has 2 N–H and O–H groups in total. The van der Waals surface area contributed by atoms with Crippen LogP contribution in [0.1, 0.15) is 18.4 Å². The third-order valence-electron chi connectivity index (χ3n) is 3.99. The molecule has 0 unspecified atom stereocenters. The largest absolute Gasteiger partial charge is 0.494 e. The van der Waals surface area contributed by atoms with Crippen LogP contribution in [0, 0.1) is 6.92 Å². The zero-order chi connectivity index (χ0) is 16.9. The van der Waals surface area contributed by atoms with Gasteiger partial charge in [0.25, 0.3) is 5.91 Å². The Kier molecular flexibility index (Phi) is 4.89. The third kappa shape index (κ3) is 3.79. The van der Waals surface area contributed by atoms with Gasteiger partial charge in [0.1, 0.15) is 11.5 Å². The number of nitrogen functional groups attached to an aromatic ring is 1. The molecule has 0 radical (unpaired) electrons. The summed E-state index contributed by atoms with van der Waals surface area (Å²) in [7, 11) is 0. The predicted octanol–water partition coefficient (Wildman–Crippen LogP) is 3.16. The molecule has 0 saturated carbocycles. The summed E-state index contributed by atoms with van der Waals surface area (Å²) in [5, 5.41) is 0. The molecule has 5 nitrogen and oxygen atoms in total. The molecule has 0 aliphatic carbocycles. The Morgan fingerprint density at radius 1 is 1.17 bits per heavy atom. The number of rotatable bonds is 6. The molecule has 126 valence electrons. The number of carbonyl (C=O) groups is 1. The predicted molar refractivity (Wildman–Crippen MR) is 94.6 cm³/mol. The number of carbonyl (C=O) groups excluding carboxylic acids is 1. The lowest BCUT2D eigenvalue weighted by Gasteiger charge is -2.29. The zero-order valence-corrected chi connectivity index (χ0v) is 13.8. The number of hydrogen-bond donors (Lipinski definition) is 1. The van der Waals surface area contributed by atoms with Crippen LogP contribution < -0.4 is 20.1 Å². The van der Waals surface area contributed by atoms with Gasteiger partial charge in [-0.05, 0) is 50.1 Å². The minimum absolute atomic E-state index is 0.0347. The van der Waals surface area contributed by atoms with Crippen molar-refractivity contribution >= 4 is 17.3 Å². The number of fused-ring (bicyclic) bond motifs is 1. The van der Waals surface area contributed by atoms with E-state index in [1.807, 2.05) is 37.3 Å². The highest BCUT2D eigenvalue weighted by molar-refractivity contribution is 5.98. The van der Waals surface area contributed by atoms with Gasteiger partial charge in [0.05, 0.1) is 12.3 Å². The number of ether oxygens (including phenoxy) is 2. The van der Waals surface area contributed by atoms with Crippen LogP contribution in [0.4, 0.5) is 11.4 Å². The Morgan fingerprint density at radius 3 is 2.75 bits per heavy atom. The number of aryl methyl sites for hydroxylation is 1. The van der Waals surface area contributed by atoms with Crippen LogP contribution >= 0.6 is 0 Å². The van der Waals surface area contributed by atoms with Gasteiger partial charge in [-0.2, -0.15) is 0 Å². The van der Waals surface area contributed by atoms with E-state index in [4.69, 9.17) is 15.2 Å². The summed E-state index contributed by atoms with van der Waals surface area (Å²) in [4.78, 5) is 13.9. The molecule has 0 atom stereocenters. The second-order valence-electron chi connectivity index (χ2n) is 5.93. The molecule has 1 amide bonds. The number of nitrogens with two attached hydrogens (primary N) is 1. The number of nitrogens with zero attached hydrogens (tertiary/aromatic N) is 1. The lowest BCUT2D eigenvalue weighted by Crippen LogP contribution is -2.39. The summed E-state index contributed by atoms with van der Waals surface area (Å²) in [6, 6.07) is 13.4. The molecule has 1 aliphatic heterocycles. The highest BCUT2D eigenvalue weighted by Crippen LogP contribution is 2.33. The van der Waals surface area contributed by atoms with E-state index in [9.17, 15) is 4.79 Å². The topological polar surface area (TPSA) is 64.8 Å². The Balaban J connectivity index is 1.50. The van der Waals surface area contributed by atoms with Gasteiger partial charge in [0.15, 0.2) is 6.61 Å². The van der Waals surface area contributed by atoms with Gasteiger partial charge >= 0.3 is 0 Å². The van der Waals surface area contributed by atoms with Crippen LogP contribution in [0.3, 0.4) is 0 Å². The monoisotopic (exact) mass is 326 g/mol. The van der Waals surface area contributed by atoms with Crippen LogP contribution in [0.15, 0.2) is 42.5 Å². The van der Waals surface area contributed by atoms with E-state index in [0.717, 1.165) is 24.3 Å². The van der Waals surface area contributed by atoms with Gasteiger partial charge in [0, 0.05) is 12.2 Å². The highest BCUT2D eigenvalue weighted by atomic mass is 16.5. The van der Waals surface area contributed by atoms with Crippen LogP contribution in [-0.4, -0.2) is 25.7 Å². The van der Waals surface area contributed by atoms with Crippen molar-refractivity contribution in [3.05, 3.63) is 48.0 Å². The fraction of sp³-hybridized carbons (Fsp3) is 0.316. The maximum Gasteiger partial charge on any atom is 0.265 e. The van der Waals surface area contributed by atoms with E-state index >= 15 is 0 Å². The van der Waals surface area contributed by atoms with E-state index in [-0.39, 0.29) is 12.5 Å². The Labute approximate surface area is 142 Å². The van der Waals surface area contributed by atoms with E-state index in [0.29, 0.717) is 24.6 Å². The summed E-state index contributed by atoms with van der Waals surface area (Å²) in [5.41, 5.74) is 8.42. The molecule has 2 aromatic carbocycles. The fourth-order valence-corrected chi connectivity index (χ4v) is 2.66. The molecule has 0 fully saturated rings. The van der Waals surface area contributed by atoms with E-state index in [2.05, 4.69) is 0 Å². The summed E-state index contributed by atoms with van der Waals surface area (Å²) in [6.45, 7) is 3.39. The molecule has 2 aromatic rings. The van der Waals surface area contributed by atoms with Gasteiger partial charge in [-0.1, -0.05) is 17.7 Å². The molecular weight excluding hydrogens is 304 g/mol. The van der Waals surface area contributed by atoms with E-state index in [1.165, 1.54) is 5.56 Å². The van der Waals surface area contributed by atoms with Crippen LogP contribution in [0.2, 0.25) is 0 Å². The molecule has 0 bridgehead atoms. The Bertz CT molecular complexity index is 713. The molecular formula is C19H22N2O3. The number of hydrogen-bond acceptors (Lipinski definition) is 4. The first-order chi connectivity index (χ1) is 11.6. The molecule has 0 saturated heterocycles. The summed E-state index contributed by atoms with van der Waals surface area (Å²) in [5.74, 6) is 1.55. The molecule has 5 heteroatoms. The van der Waals surface area contributed by atoms with Crippen molar-refractivity contribution in [2.75, 3.05) is 30.4 Å². The number of benzene rings is 2. The second-order valence-corrected chi connectivity index (χ2v) is 5.93. The minimum Gasteiger partial charge on any atom is -0.494 e. The molecule has 1 heterocycles. The highest BCUT2D eigenvalue weighted by Gasteiger charge is 2.25. The maximum atomic E-state index is 12.1. The lowest BCUT2D eigenvalue weighted by molar-refractivity contribution is -0.121. The molecule has 1 aliphatic rings. The van der Waals surface area contributed by atoms with Crippen LogP contribution in [0.25, 0.3) is 0 Å². The summed E-state index contributed by atoms with van der Waals surface area (Å²) < 4.78 is 11.2. The Morgan fingerprint density at radius 2 is 1.96 bits per heavy atom. The van der Waals surface area contributed by atoms with Crippen molar-refractivity contribution in [2.24, 2.45) is 0 Å². The van der Waals surface area contributed by atoms with Crippen molar-refractivity contribution in [1.82, 2.24) is 0 Å². The molecule has 3 rings (SSSR count). The van der Waals surface area contributed by atoms with E-state index < -0.39 is 0 Å². The van der Waals surface area contributed by atoms with Gasteiger partial charge in [-0.25, -0.2) is 0 Å². The lowest BCUT2D eigenvalue weighted by atomic mass is 10.2. The normalized spacial score (nSPS) is 13.4. The first kappa shape index (κ1) is 16.2. The zero-order valence-electron chi connectivity index (χ0n) is 13.8. The maximum absolute atomic E-state index is 12.1. The third-order valence-corrected chi connectivity index (χ3v) is 3.99. The van der Waals surface area contributed by atoms with Crippen molar-refractivity contribution in [3.8, 4) is 11.5 Å².